The molecular weight excluding hydrogens is 587 g/mol. The Kier molecular flexibility index (Phi) is 9.12. The fourth-order valence-corrected chi connectivity index (χ4v) is 6.99. The highest BCUT2D eigenvalue weighted by Gasteiger charge is 2.47. The van der Waals surface area contributed by atoms with Crippen molar-refractivity contribution in [2.24, 2.45) is 11.3 Å². The number of aryl methyl sites for hydroxylation is 1. The molecule has 1 atom stereocenters. The Balaban J connectivity index is 1.30. The maximum absolute atomic E-state index is 13.4. The Labute approximate surface area is 265 Å². The van der Waals surface area contributed by atoms with Crippen molar-refractivity contribution in [2.45, 2.75) is 64.4 Å². The second kappa shape index (κ2) is 12.7. The van der Waals surface area contributed by atoms with Crippen molar-refractivity contribution < 1.29 is 22.5 Å². The molecule has 45 heavy (non-hydrogen) atoms. The minimum atomic E-state index is -3.88. The van der Waals surface area contributed by atoms with Gasteiger partial charge in [-0.1, -0.05) is 50.2 Å². The van der Waals surface area contributed by atoms with Crippen LogP contribution in [-0.2, 0) is 25.8 Å². The second-order valence-corrected chi connectivity index (χ2v) is 14.4. The number of sulfonamides is 1. The summed E-state index contributed by atoms with van der Waals surface area (Å²) in [6, 6.07) is 21.6. The average molecular weight is 627 g/mol. The second-order valence-electron chi connectivity index (χ2n) is 12.7. The number of nitrogens with one attached hydrogen (secondary N) is 3. The fraction of sp³-hybridized carbons (Fsp3) is 0.353. The number of amides is 1. The van der Waals surface area contributed by atoms with Crippen LogP contribution in [0.3, 0.4) is 0 Å². The molecule has 0 aliphatic carbocycles. The lowest BCUT2D eigenvalue weighted by atomic mass is 9.64. The van der Waals surface area contributed by atoms with E-state index in [1.807, 2.05) is 51.1 Å². The summed E-state index contributed by atoms with van der Waals surface area (Å²) in [6.07, 6.45) is 3.94. The first-order valence-corrected chi connectivity index (χ1v) is 16.6. The van der Waals surface area contributed by atoms with E-state index in [-0.39, 0.29) is 22.1 Å². The Bertz CT molecular complexity index is 1830. The van der Waals surface area contributed by atoms with Gasteiger partial charge in [-0.2, -0.15) is 5.26 Å². The van der Waals surface area contributed by atoms with Gasteiger partial charge in [-0.25, -0.2) is 8.42 Å². The number of rotatable bonds is 7. The third kappa shape index (κ3) is 6.78. The van der Waals surface area contributed by atoms with Gasteiger partial charge < -0.3 is 19.5 Å². The summed E-state index contributed by atoms with van der Waals surface area (Å²) >= 11 is 0. The predicted octanol–water partition coefficient (Wildman–Crippen LogP) is 6.35. The first-order valence-electron chi connectivity index (χ1n) is 15.1. The molecule has 1 amide bonds. The number of carbonyl (C=O) groups is 1. The molecule has 0 spiro atoms. The van der Waals surface area contributed by atoms with Gasteiger partial charge in [0.2, 0.25) is 5.91 Å². The van der Waals surface area contributed by atoms with Crippen LogP contribution in [0.15, 0.2) is 77.8 Å². The minimum Gasteiger partial charge on any atom is -0.392 e. The quantitative estimate of drug-likeness (QED) is 0.205. The number of anilines is 1. The molecular formula is C34H39BN4O5S. The van der Waals surface area contributed by atoms with E-state index in [2.05, 4.69) is 34.9 Å². The summed E-state index contributed by atoms with van der Waals surface area (Å²) in [5.74, 6) is -0.0792. The van der Waals surface area contributed by atoms with E-state index in [9.17, 15) is 18.5 Å². The average Bonchev–Trinajstić information content (AvgIpc) is 3.46. The molecule has 5 rings (SSSR count). The number of nitriles is 1. The van der Waals surface area contributed by atoms with Gasteiger partial charge in [-0.05, 0) is 92.8 Å². The summed E-state index contributed by atoms with van der Waals surface area (Å²) in [6.45, 7) is 10.7. The molecule has 1 unspecified atom stereocenters. The molecule has 3 N–H and O–H groups in total. The lowest BCUT2D eigenvalue weighted by Crippen LogP contribution is -2.54. The summed E-state index contributed by atoms with van der Waals surface area (Å²) in [5.41, 5.74) is 2.84. The number of aromatic amines is 1. The predicted molar refractivity (Wildman–Crippen MR) is 176 cm³/mol. The van der Waals surface area contributed by atoms with Crippen molar-refractivity contribution in [2.75, 3.05) is 11.3 Å². The topological polar surface area (TPSA) is 133 Å². The van der Waals surface area contributed by atoms with Crippen molar-refractivity contribution in [3.05, 3.63) is 95.2 Å². The van der Waals surface area contributed by atoms with E-state index in [0.717, 1.165) is 24.0 Å². The number of aromatic nitrogens is 1. The van der Waals surface area contributed by atoms with Gasteiger partial charge in [0.1, 0.15) is 6.07 Å². The zero-order chi connectivity index (χ0) is 32.4. The summed E-state index contributed by atoms with van der Waals surface area (Å²) in [5, 5.41) is 13.0. The van der Waals surface area contributed by atoms with Gasteiger partial charge in [0.15, 0.2) is 0 Å². The molecule has 11 heteroatoms. The lowest BCUT2D eigenvalue weighted by molar-refractivity contribution is -0.0615. The maximum Gasteiger partial charge on any atom is 0.593 e. The van der Waals surface area contributed by atoms with Crippen LogP contribution in [0.25, 0.3) is 10.9 Å². The van der Waals surface area contributed by atoms with Crippen LogP contribution in [0.4, 0.5) is 5.69 Å². The van der Waals surface area contributed by atoms with Crippen molar-refractivity contribution in [3.8, 4) is 6.07 Å². The van der Waals surface area contributed by atoms with E-state index in [0.29, 0.717) is 40.7 Å². The first kappa shape index (κ1) is 32.3. The number of hydrogen-bond donors (Lipinski definition) is 3. The maximum atomic E-state index is 13.4. The number of carbonyl (C=O) groups excluding carboxylic acids is 1. The van der Waals surface area contributed by atoms with Crippen molar-refractivity contribution in [3.63, 3.8) is 0 Å². The molecule has 4 aromatic rings. The Morgan fingerprint density at radius 2 is 1.78 bits per heavy atom. The number of nitrogens with zero attached hydrogens (tertiary/aromatic N) is 1. The number of H-pyrrole nitrogens is 1. The Morgan fingerprint density at radius 1 is 1.07 bits per heavy atom. The molecule has 1 fully saturated rings. The van der Waals surface area contributed by atoms with Crippen LogP contribution >= 0.6 is 0 Å². The normalized spacial score (nSPS) is 18.3. The molecule has 1 aromatic heterocycles. The SMILES string of the molecule is Cc1ccc(NS(=O)(=O)c2ccc(CC3CCCOB(NC(=O)c4ccccc4)OC(C)(C)C3(C)C)cc2)c2[nH]cc(C#N)c12. The minimum absolute atomic E-state index is 0.148. The van der Waals surface area contributed by atoms with Crippen LogP contribution in [0.2, 0.25) is 0 Å². The summed E-state index contributed by atoms with van der Waals surface area (Å²) in [7, 11) is -4.78. The number of fused-ring (bicyclic) bond motifs is 1. The molecule has 1 saturated heterocycles. The highest BCUT2D eigenvalue weighted by Crippen LogP contribution is 2.45. The Hall–Kier alpha value is -4.11. The van der Waals surface area contributed by atoms with E-state index in [1.165, 1.54) is 0 Å². The lowest BCUT2D eigenvalue weighted by Gasteiger charge is -2.47. The van der Waals surface area contributed by atoms with Gasteiger partial charge in [-0.15, -0.1) is 0 Å². The van der Waals surface area contributed by atoms with E-state index in [1.54, 1.807) is 42.6 Å². The molecule has 0 radical (unpaired) electrons. The van der Waals surface area contributed by atoms with Gasteiger partial charge in [0.25, 0.3) is 10.0 Å². The summed E-state index contributed by atoms with van der Waals surface area (Å²) in [4.78, 5) is 16.0. The number of benzene rings is 3. The number of hydrogen-bond acceptors (Lipinski definition) is 6. The van der Waals surface area contributed by atoms with Crippen molar-refractivity contribution >= 4 is 39.8 Å². The smallest absolute Gasteiger partial charge is 0.392 e. The van der Waals surface area contributed by atoms with Crippen LogP contribution in [0.1, 0.15) is 67.6 Å². The Morgan fingerprint density at radius 3 is 2.47 bits per heavy atom. The third-order valence-corrected chi connectivity index (χ3v) is 10.7. The van der Waals surface area contributed by atoms with Gasteiger partial charge in [-0.3, -0.25) is 9.52 Å². The van der Waals surface area contributed by atoms with Crippen molar-refractivity contribution in [1.29, 1.82) is 5.26 Å². The monoisotopic (exact) mass is 626 g/mol. The highest BCUT2D eigenvalue weighted by atomic mass is 32.2. The van der Waals surface area contributed by atoms with Crippen LogP contribution in [0.5, 0.6) is 0 Å². The largest absolute Gasteiger partial charge is 0.593 e. The molecule has 0 bridgehead atoms. The first-order chi connectivity index (χ1) is 21.3. The highest BCUT2D eigenvalue weighted by molar-refractivity contribution is 7.92. The van der Waals surface area contributed by atoms with Gasteiger partial charge >= 0.3 is 7.25 Å². The van der Waals surface area contributed by atoms with Crippen LogP contribution in [0, 0.1) is 29.6 Å². The van der Waals surface area contributed by atoms with E-state index in [4.69, 9.17) is 9.31 Å². The third-order valence-electron chi connectivity index (χ3n) is 9.35. The molecule has 1 aliphatic heterocycles. The van der Waals surface area contributed by atoms with Crippen LogP contribution < -0.4 is 9.95 Å². The molecule has 234 valence electrons. The van der Waals surface area contributed by atoms with Gasteiger partial charge in [0, 0.05) is 23.8 Å². The molecule has 0 saturated carbocycles. The molecule has 3 aromatic carbocycles. The standard InChI is InChI=1S/C34H39BN4O5S/c1-23-13-18-29(31-30(23)26(21-36)22-37-31)39-45(41,42)28-16-14-24(15-17-28)20-27-12-9-19-43-35(44-34(4,5)33(27,2)3)38-32(40)25-10-7-6-8-11-25/h6-8,10-11,13-18,22,27,37,39H,9,12,19-20H2,1-5H3,(H,38,40). The molecule has 9 nitrogen and oxygen atoms in total. The molecule has 2 heterocycles. The summed E-state index contributed by atoms with van der Waals surface area (Å²) < 4.78 is 41.8. The molecule has 1 aliphatic rings. The van der Waals surface area contributed by atoms with Crippen LogP contribution in [-0.4, -0.2) is 38.8 Å². The van der Waals surface area contributed by atoms with Gasteiger partial charge in [0.05, 0.1) is 27.3 Å². The zero-order valence-corrected chi connectivity index (χ0v) is 27.1. The van der Waals surface area contributed by atoms with Crippen molar-refractivity contribution in [1.82, 2.24) is 10.2 Å². The van der Waals surface area contributed by atoms with E-state index < -0.39 is 22.9 Å². The fourth-order valence-electron chi connectivity index (χ4n) is 5.92. The van der Waals surface area contributed by atoms with E-state index >= 15 is 0 Å². The zero-order valence-electron chi connectivity index (χ0n) is 26.3.